The molecule has 0 radical (unpaired) electrons. The van der Waals surface area contributed by atoms with Crippen LogP contribution in [-0.4, -0.2) is 39.0 Å². The minimum absolute atomic E-state index is 0.0971. The molecular weight excluding hydrogens is 551 g/mol. The van der Waals surface area contributed by atoms with Crippen molar-refractivity contribution in [2.75, 3.05) is 23.8 Å². The van der Waals surface area contributed by atoms with Crippen LogP contribution in [0.25, 0.3) is 21.8 Å². The first-order valence-corrected chi connectivity index (χ1v) is 14.6. The zero-order valence-electron chi connectivity index (χ0n) is 22.2. The lowest BCUT2D eigenvalue weighted by atomic mass is 10.1. The van der Waals surface area contributed by atoms with E-state index in [9.17, 15) is 9.30 Å². The molecule has 0 saturated carbocycles. The van der Waals surface area contributed by atoms with E-state index < -0.39 is 11.6 Å². The topological polar surface area (TPSA) is 94.8 Å². The average molecular weight is 583 g/mol. The van der Waals surface area contributed by atoms with Gasteiger partial charge < -0.3 is 10.6 Å². The lowest BCUT2D eigenvalue weighted by Gasteiger charge is -2.23. The number of hydrogen-bond acceptors (Lipinski definition) is 7. The third-order valence-electron chi connectivity index (χ3n) is 6.94. The normalized spacial score (nSPS) is 14.6. The Morgan fingerprint density at radius 3 is 2.67 bits per heavy atom. The molecule has 5 rings (SSSR count). The summed E-state index contributed by atoms with van der Waals surface area (Å²) in [4.78, 5) is 27.8. The van der Waals surface area contributed by atoms with Crippen molar-refractivity contribution in [1.82, 2.24) is 20.3 Å². The van der Waals surface area contributed by atoms with E-state index in [0.717, 1.165) is 37.4 Å². The molecule has 1 fully saturated rings. The lowest BCUT2D eigenvalue weighted by Crippen LogP contribution is -2.35. The highest BCUT2D eigenvalue weighted by atomic mass is 32.1. The molecule has 2 aromatic carbocycles. The monoisotopic (exact) mass is 582 g/mol. The highest BCUT2D eigenvalue weighted by Crippen LogP contribution is 2.41. The molecule has 8 nitrogen and oxygen atoms in total. The van der Waals surface area contributed by atoms with Crippen molar-refractivity contribution in [1.29, 1.82) is 0 Å². The molecule has 12 heteroatoms. The summed E-state index contributed by atoms with van der Waals surface area (Å²) in [6.45, 7) is 6.03. The number of piperidine rings is 1. The summed E-state index contributed by atoms with van der Waals surface area (Å²) in [5.74, 6) is -0.710. The van der Waals surface area contributed by atoms with Gasteiger partial charge in [0.2, 0.25) is 11.8 Å². The van der Waals surface area contributed by atoms with Crippen molar-refractivity contribution in [2.24, 2.45) is 0 Å². The number of para-hydroxylation sites is 1. The molecule has 0 spiro atoms. The molecule has 40 heavy (non-hydrogen) atoms. The Labute approximate surface area is 237 Å². The highest BCUT2D eigenvalue weighted by molar-refractivity contribution is 7.27. The van der Waals surface area contributed by atoms with Gasteiger partial charge in [0.1, 0.15) is 5.69 Å². The van der Waals surface area contributed by atoms with Gasteiger partial charge in [-0.2, -0.15) is 4.39 Å². The van der Waals surface area contributed by atoms with Gasteiger partial charge in [0.15, 0.2) is 10.7 Å². The Hall–Kier alpha value is -3.40. The Bertz CT molecular complexity index is 1510. The number of hydrazine groups is 1. The standard InChI is InChI=1S/C28H31F2N7OPS/c1-3-16(2)27-35-24(26(40-27)21-12-15-32-28(34-21)33-17-10-13-31-14-11-17)18-6-4-8-20(23(18)30)36-37(38)25-19(29)7-5-9-22(25)39/h4-9,12,15-17,31H,3,10-11,13-14,39H2,1-2H3,(H,36,38)(H,32,33,34)/q+1. The van der Waals surface area contributed by atoms with Crippen LogP contribution in [0.4, 0.5) is 26.1 Å². The number of benzene rings is 2. The van der Waals surface area contributed by atoms with Crippen molar-refractivity contribution in [3.8, 4) is 21.8 Å². The molecule has 2 aromatic heterocycles. The smallest absolute Gasteiger partial charge is 0.334 e. The first-order chi connectivity index (χ1) is 19.4. The number of hydrogen-bond donors (Lipinski definition) is 3. The maximum atomic E-state index is 16.0. The number of nitrogens with one attached hydrogen (secondary N) is 3. The molecule has 3 N–H and O–H groups in total. The second kappa shape index (κ2) is 12.4. The summed E-state index contributed by atoms with van der Waals surface area (Å²) in [6, 6.07) is 11.0. The van der Waals surface area contributed by atoms with Gasteiger partial charge in [-0.05, 0) is 62.7 Å². The fraction of sp³-hybridized carbons (Fsp3) is 0.321. The van der Waals surface area contributed by atoms with E-state index in [4.69, 9.17) is 9.97 Å². The maximum Gasteiger partial charge on any atom is 0.334 e. The highest BCUT2D eigenvalue weighted by Gasteiger charge is 2.27. The van der Waals surface area contributed by atoms with Crippen LogP contribution in [0.5, 0.6) is 0 Å². The largest absolute Gasteiger partial charge is 0.351 e. The minimum atomic E-state index is -0.718. The first-order valence-electron chi connectivity index (χ1n) is 13.2. The molecular formula is C28H31F2N7OPS+. The van der Waals surface area contributed by atoms with Crippen LogP contribution >= 0.6 is 20.6 Å². The number of nitrogens with zero attached hydrogens (tertiary/aromatic N) is 4. The van der Waals surface area contributed by atoms with Crippen molar-refractivity contribution in [2.45, 2.75) is 45.1 Å². The van der Waals surface area contributed by atoms with Gasteiger partial charge in [0.25, 0.3) is 0 Å². The van der Waals surface area contributed by atoms with Gasteiger partial charge in [0, 0.05) is 23.7 Å². The summed E-state index contributed by atoms with van der Waals surface area (Å²) in [7, 11) is 2.31. The molecule has 1 saturated heterocycles. The molecule has 1 aliphatic heterocycles. The fourth-order valence-corrected chi connectivity index (χ4v) is 6.05. The second-order valence-electron chi connectivity index (χ2n) is 9.72. The second-order valence-corrected chi connectivity index (χ2v) is 11.4. The van der Waals surface area contributed by atoms with E-state index in [0.29, 0.717) is 27.5 Å². The summed E-state index contributed by atoms with van der Waals surface area (Å²) in [6.07, 6.45) is 4.51. The van der Waals surface area contributed by atoms with E-state index >= 15 is 4.39 Å². The third-order valence-corrected chi connectivity index (χ3v) is 8.71. The van der Waals surface area contributed by atoms with Crippen molar-refractivity contribution in [3.05, 3.63) is 70.2 Å². The maximum absolute atomic E-state index is 16.0. The quantitative estimate of drug-likeness (QED) is 0.124. The van der Waals surface area contributed by atoms with Crippen LogP contribution in [-0.2, 0) is 0 Å². The number of nitroso groups, excluding NO2 is 1. The predicted molar refractivity (Wildman–Crippen MR) is 159 cm³/mol. The van der Waals surface area contributed by atoms with E-state index in [1.807, 2.05) is 0 Å². The van der Waals surface area contributed by atoms with Gasteiger partial charge in [-0.15, -0.1) is 16.8 Å². The molecule has 4 aromatic rings. The third kappa shape index (κ3) is 6.01. The molecule has 3 heterocycles. The Kier molecular flexibility index (Phi) is 8.73. The van der Waals surface area contributed by atoms with E-state index in [1.54, 1.807) is 30.5 Å². The van der Waals surface area contributed by atoms with Crippen molar-refractivity contribution >= 4 is 43.2 Å². The van der Waals surface area contributed by atoms with Gasteiger partial charge in [-0.3, -0.25) is 0 Å². The summed E-state index contributed by atoms with van der Waals surface area (Å²) < 4.78 is 30.4. The first kappa shape index (κ1) is 28.1. The molecule has 1 aliphatic rings. The zero-order valence-corrected chi connectivity index (χ0v) is 24.2. The number of thiazole rings is 1. The van der Waals surface area contributed by atoms with Crippen LogP contribution in [0, 0.1) is 16.5 Å². The van der Waals surface area contributed by atoms with Gasteiger partial charge >= 0.3 is 5.69 Å². The van der Waals surface area contributed by atoms with Gasteiger partial charge in [-0.25, -0.2) is 19.3 Å². The average Bonchev–Trinajstić information content (AvgIpc) is 3.40. The summed E-state index contributed by atoms with van der Waals surface area (Å²) in [5.41, 5.74) is 3.41. The molecule has 0 amide bonds. The Morgan fingerprint density at radius 2 is 1.93 bits per heavy atom. The summed E-state index contributed by atoms with van der Waals surface area (Å²) >= 11 is 1.47. The lowest BCUT2D eigenvalue weighted by molar-refractivity contribution is -0.429. The van der Waals surface area contributed by atoms with Crippen LogP contribution < -0.4 is 21.4 Å². The molecule has 0 bridgehead atoms. The molecule has 2 unspecified atom stereocenters. The molecule has 0 aliphatic carbocycles. The van der Waals surface area contributed by atoms with E-state index in [2.05, 4.69) is 44.1 Å². The molecule has 2 atom stereocenters. The van der Waals surface area contributed by atoms with E-state index in [1.165, 1.54) is 29.5 Å². The van der Waals surface area contributed by atoms with E-state index in [-0.39, 0.29) is 33.8 Å². The zero-order chi connectivity index (χ0) is 28.2. The molecule has 208 valence electrons. The minimum Gasteiger partial charge on any atom is -0.351 e. The van der Waals surface area contributed by atoms with Crippen molar-refractivity contribution < 1.29 is 13.6 Å². The SMILES string of the molecule is CCC(C)c1nc(-c2cccc(N[N+](=O)c3c(F)cccc3P)c2F)c(-c2ccnc(NC3CCNCC3)n2)s1. The Balaban J connectivity index is 1.52. The Morgan fingerprint density at radius 1 is 1.15 bits per heavy atom. The number of aromatic nitrogens is 3. The van der Waals surface area contributed by atoms with Crippen LogP contribution in [0.3, 0.4) is 0 Å². The fourth-order valence-electron chi connectivity index (χ4n) is 4.49. The summed E-state index contributed by atoms with van der Waals surface area (Å²) in [5, 5.41) is 7.98. The van der Waals surface area contributed by atoms with Gasteiger partial charge in [-0.1, -0.05) is 35.2 Å². The number of anilines is 2. The number of rotatable bonds is 9. The number of halogens is 2. The van der Waals surface area contributed by atoms with Crippen molar-refractivity contribution in [3.63, 3.8) is 0 Å². The van der Waals surface area contributed by atoms with Crippen LogP contribution in [0.15, 0.2) is 48.7 Å². The predicted octanol–water partition coefficient (Wildman–Crippen LogP) is 6.16. The van der Waals surface area contributed by atoms with Crippen LogP contribution in [0.1, 0.15) is 44.0 Å². The van der Waals surface area contributed by atoms with Gasteiger partial charge in [0.05, 0.1) is 31.5 Å². The van der Waals surface area contributed by atoms with Crippen LogP contribution in [0.2, 0.25) is 0 Å².